The highest BCUT2D eigenvalue weighted by Crippen LogP contribution is 2.26. The second-order valence-corrected chi connectivity index (χ2v) is 4.06. The Morgan fingerprint density at radius 1 is 1.44 bits per heavy atom. The lowest BCUT2D eigenvalue weighted by Gasteiger charge is -2.03. The molecule has 3 heteroatoms. The summed E-state index contributed by atoms with van der Waals surface area (Å²) >= 11 is 0. The van der Waals surface area contributed by atoms with Gasteiger partial charge in [0.25, 0.3) is 0 Å². The molecule has 0 radical (unpaired) electrons. The van der Waals surface area contributed by atoms with Crippen molar-refractivity contribution in [2.45, 2.75) is 6.42 Å². The van der Waals surface area contributed by atoms with Crippen LogP contribution in [0.2, 0.25) is 0 Å². The third kappa shape index (κ3) is 2.24. The van der Waals surface area contributed by atoms with Crippen molar-refractivity contribution in [2.75, 3.05) is 20.7 Å². The molecule has 0 saturated carbocycles. The van der Waals surface area contributed by atoms with Crippen molar-refractivity contribution in [1.82, 2.24) is 4.90 Å². The molecule has 1 aromatic carbocycles. The van der Waals surface area contributed by atoms with Gasteiger partial charge in [0, 0.05) is 38.4 Å². The Bertz CT molecular complexity index is 436. The van der Waals surface area contributed by atoms with Gasteiger partial charge in [0.2, 0.25) is 0 Å². The molecule has 0 amide bonds. The molecule has 3 nitrogen and oxygen atoms in total. The van der Waals surface area contributed by atoms with E-state index in [1.54, 1.807) is 12.3 Å². The molecule has 1 aliphatic heterocycles. The molecule has 0 spiro atoms. The van der Waals surface area contributed by atoms with Crippen molar-refractivity contribution in [2.24, 2.45) is 0 Å². The van der Waals surface area contributed by atoms with E-state index in [9.17, 15) is 4.79 Å². The number of allylic oxidation sites excluding steroid dienone is 1. The third-order valence-electron chi connectivity index (χ3n) is 2.50. The first-order chi connectivity index (χ1) is 7.66. The van der Waals surface area contributed by atoms with Crippen LogP contribution in [0.5, 0.6) is 5.75 Å². The van der Waals surface area contributed by atoms with E-state index >= 15 is 0 Å². The fourth-order valence-electron chi connectivity index (χ4n) is 1.65. The quantitative estimate of drug-likeness (QED) is 0.572. The second-order valence-electron chi connectivity index (χ2n) is 4.06. The maximum atomic E-state index is 11.8. The Morgan fingerprint density at radius 3 is 3.00 bits per heavy atom. The van der Waals surface area contributed by atoms with E-state index in [1.807, 2.05) is 37.2 Å². The van der Waals surface area contributed by atoms with Gasteiger partial charge in [-0.15, -0.1) is 0 Å². The lowest BCUT2D eigenvalue weighted by atomic mass is 10.1. The van der Waals surface area contributed by atoms with Crippen LogP contribution < -0.4 is 4.74 Å². The predicted molar refractivity (Wildman–Crippen MR) is 62.8 cm³/mol. The van der Waals surface area contributed by atoms with Gasteiger partial charge < -0.3 is 9.64 Å². The van der Waals surface area contributed by atoms with E-state index in [-0.39, 0.29) is 5.78 Å². The first kappa shape index (κ1) is 10.7. The SMILES string of the molecule is CN(C)/C=C/C(=O)c1ccc2c(c1)CCO2. The standard InChI is InChI=1S/C13H15NO2/c1-14(2)7-5-12(15)10-3-4-13-11(9-10)6-8-16-13/h3-5,7,9H,6,8H2,1-2H3/b7-5+. The van der Waals surface area contributed by atoms with Crippen molar-refractivity contribution < 1.29 is 9.53 Å². The maximum absolute atomic E-state index is 11.8. The second kappa shape index (κ2) is 4.39. The molecule has 0 bridgehead atoms. The number of benzene rings is 1. The summed E-state index contributed by atoms with van der Waals surface area (Å²) in [5, 5.41) is 0. The Kier molecular flexibility index (Phi) is 2.95. The smallest absolute Gasteiger partial charge is 0.187 e. The van der Waals surface area contributed by atoms with E-state index in [1.165, 1.54) is 0 Å². The first-order valence-electron chi connectivity index (χ1n) is 5.31. The van der Waals surface area contributed by atoms with Crippen LogP contribution >= 0.6 is 0 Å². The minimum atomic E-state index is 0.0309. The van der Waals surface area contributed by atoms with E-state index in [4.69, 9.17) is 4.74 Å². The molecule has 0 atom stereocenters. The highest BCUT2D eigenvalue weighted by Gasteiger charge is 2.13. The van der Waals surface area contributed by atoms with Gasteiger partial charge >= 0.3 is 0 Å². The number of fused-ring (bicyclic) bond motifs is 1. The number of ether oxygens (including phenoxy) is 1. The fourth-order valence-corrected chi connectivity index (χ4v) is 1.65. The van der Waals surface area contributed by atoms with Gasteiger partial charge in [-0.25, -0.2) is 0 Å². The van der Waals surface area contributed by atoms with Crippen LogP contribution in [-0.4, -0.2) is 31.4 Å². The number of carbonyl (C=O) groups is 1. The van der Waals surface area contributed by atoms with Gasteiger partial charge in [-0.2, -0.15) is 0 Å². The zero-order valence-electron chi connectivity index (χ0n) is 9.56. The van der Waals surface area contributed by atoms with Crippen molar-refractivity contribution in [3.05, 3.63) is 41.6 Å². The molecule has 1 aliphatic rings. The summed E-state index contributed by atoms with van der Waals surface area (Å²) in [5.41, 5.74) is 1.85. The number of rotatable bonds is 3. The number of nitrogens with zero attached hydrogens (tertiary/aromatic N) is 1. The minimum Gasteiger partial charge on any atom is -0.493 e. The van der Waals surface area contributed by atoms with Gasteiger partial charge in [-0.1, -0.05) is 0 Å². The summed E-state index contributed by atoms with van der Waals surface area (Å²) in [6.45, 7) is 0.723. The Labute approximate surface area is 95.3 Å². The molecule has 16 heavy (non-hydrogen) atoms. The maximum Gasteiger partial charge on any atom is 0.187 e. The number of carbonyl (C=O) groups excluding carboxylic acids is 1. The van der Waals surface area contributed by atoms with Gasteiger partial charge in [0.1, 0.15) is 5.75 Å². The van der Waals surface area contributed by atoms with Crippen molar-refractivity contribution in [1.29, 1.82) is 0 Å². The van der Waals surface area contributed by atoms with Crippen LogP contribution in [0.4, 0.5) is 0 Å². The summed E-state index contributed by atoms with van der Waals surface area (Å²) in [4.78, 5) is 13.6. The molecule has 1 heterocycles. The Hall–Kier alpha value is -1.77. The summed E-state index contributed by atoms with van der Waals surface area (Å²) in [6.07, 6.45) is 4.23. The molecule has 0 unspecified atom stereocenters. The lowest BCUT2D eigenvalue weighted by molar-refractivity contribution is 0.104. The van der Waals surface area contributed by atoms with Crippen LogP contribution in [0.15, 0.2) is 30.5 Å². The van der Waals surface area contributed by atoms with E-state index in [0.29, 0.717) is 0 Å². The molecular formula is C13H15NO2. The van der Waals surface area contributed by atoms with Crippen LogP contribution in [-0.2, 0) is 6.42 Å². The Morgan fingerprint density at radius 2 is 2.25 bits per heavy atom. The van der Waals surface area contributed by atoms with Gasteiger partial charge in [-0.3, -0.25) is 4.79 Å². The zero-order chi connectivity index (χ0) is 11.5. The van der Waals surface area contributed by atoms with E-state index < -0.39 is 0 Å². The van der Waals surface area contributed by atoms with Gasteiger partial charge in [0.05, 0.1) is 6.61 Å². The molecule has 0 fully saturated rings. The zero-order valence-corrected chi connectivity index (χ0v) is 9.56. The highest BCUT2D eigenvalue weighted by molar-refractivity contribution is 6.04. The fraction of sp³-hybridized carbons (Fsp3) is 0.308. The normalized spacial score (nSPS) is 13.6. The van der Waals surface area contributed by atoms with Gasteiger partial charge in [0.15, 0.2) is 5.78 Å². The summed E-state index contributed by atoms with van der Waals surface area (Å²) < 4.78 is 5.39. The monoisotopic (exact) mass is 217 g/mol. The molecule has 0 aliphatic carbocycles. The van der Waals surface area contributed by atoms with Gasteiger partial charge in [-0.05, 0) is 23.8 Å². The average Bonchev–Trinajstić information content (AvgIpc) is 2.72. The largest absolute Gasteiger partial charge is 0.493 e. The first-order valence-corrected chi connectivity index (χ1v) is 5.31. The molecule has 1 aromatic rings. The number of hydrogen-bond donors (Lipinski definition) is 0. The summed E-state index contributed by atoms with van der Waals surface area (Å²) in [6, 6.07) is 5.61. The molecule has 2 rings (SSSR count). The molecular weight excluding hydrogens is 202 g/mol. The van der Waals surface area contributed by atoms with Crippen LogP contribution in [0.3, 0.4) is 0 Å². The van der Waals surface area contributed by atoms with Crippen LogP contribution in [0.1, 0.15) is 15.9 Å². The third-order valence-corrected chi connectivity index (χ3v) is 2.50. The van der Waals surface area contributed by atoms with Crippen LogP contribution in [0.25, 0.3) is 0 Å². The molecule has 0 saturated heterocycles. The topological polar surface area (TPSA) is 29.5 Å². The van der Waals surface area contributed by atoms with E-state index in [0.717, 1.165) is 29.9 Å². The molecule has 0 N–H and O–H groups in total. The molecule has 84 valence electrons. The van der Waals surface area contributed by atoms with Crippen molar-refractivity contribution >= 4 is 5.78 Å². The summed E-state index contributed by atoms with van der Waals surface area (Å²) in [5.74, 6) is 0.941. The van der Waals surface area contributed by atoms with Crippen molar-refractivity contribution in [3.8, 4) is 5.75 Å². The van der Waals surface area contributed by atoms with Crippen molar-refractivity contribution in [3.63, 3.8) is 0 Å². The summed E-state index contributed by atoms with van der Waals surface area (Å²) in [7, 11) is 3.78. The lowest BCUT2D eigenvalue weighted by Crippen LogP contribution is -2.03. The predicted octanol–water partition coefficient (Wildman–Crippen LogP) is 1.88. The average molecular weight is 217 g/mol. The van der Waals surface area contributed by atoms with E-state index in [2.05, 4.69) is 0 Å². The minimum absolute atomic E-state index is 0.0309. The Balaban J connectivity index is 2.18. The number of ketones is 1. The number of hydrogen-bond acceptors (Lipinski definition) is 3. The van der Waals surface area contributed by atoms with Crippen LogP contribution in [0, 0.1) is 0 Å². The molecule has 0 aromatic heterocycles. The highest BCUT2D eigenvalue weighted by atomic mass is 16.5.